The molecule has 10 heteroatoms. The number of halogens is 1. The van der Waals surface area contributed by atoms with Crippen LogP contribution in [0.3, 0.4) is 0 Å². The third kappa shape index (κ3) is 12.0. The summed E-state index contributed by atoms with van der Waals surface area (Å²) < 4.78 is 27.0. The molecule has 1 aromatic heterocycles. The molecule has 0 atom stereocenters. The van der Waals surface area contributed by atoms with Crippen molar-refractivity contribution in [2.75, 3.05) is 38.2 Å². The molecule has 150 valence electrons. The maximum atomic E-state index is 11.9. The van der Waals surface area contributed by atoms with Crippen molar-refractivity contribution in [3.8, 4) is 6.01 Å². The van der Waals surface area contributed by atoms with Gasteiger partial charge in [-0.3, -0.25) is 9.18 Å². The van der Waals surface area contributed by atoms with Gasteiger partial charge in [0.1, 0.15) is 12.2 Å². The second-order valence-corrected chi connectivity index (χ2v) is 6.53. The van der Waals surface area contributed by atoms with E-state index in [1.165, 1.54) is 6.20 Å². The number of rotatable bonds is 11. The minimum atomic E-state index is -1.00. The molecule has 1 heterocycles. The maximum absolute atomic E-state index is 11.9. The number of nitrogens with zero attached hydrogens (tertiary/aromatic N) is 2. The topological polar surface area (TPSA) is 103 Å². The number of aliphatic hydroxyl groups is 1. The van der Waals surface area contributed by atoms with Crippen LogP contribution in [0.5, 0.6) is 6.01 Å². The molecule has 0 saturated carbocycles. The van der Waals surface area contributed by atoms with E-state index in [0.717, 1.165) is 0 Å². The number of hydrogen-bond donors (Lipinski definition) is 2. The summed E-state index contributed by atoms with van der Waals surface area (Å²) in [6, 6.07) is 1.71. The van der Waals surface area contributed by atoms with Gasteiger partial charge >= 0.3 is 6.01 Å². The molecule has 0 aliphatic carbocycles. The maximum Gasteiger partial charge on any atom is 0.318 e. The fourth-order valence-corrected chi connectivity index (χ4v) is 2.19. The molecule has 0 fully saturated rings. The summed E-state index contributed by atoms with van der Waals surface area (Å²) in [5.74, 6) is 0.133. The van der Waals surface area contributed by atoms with E-state index in [1.807, 2.05) is 13.8 Å². The Hall–Kier alpha value is -1.41. The number of carbonyl (C=O) groups excluding carboxylic acids is 1. The lowest BCUT2D eigenvalue weighted by Crippen LogP contribution is -2.18. The van der Waals surface area contributed by atoms with Crippen molar-refractivity contribution in [1.29, 1.82) is 0 Å². The molecule has 0 spiro atoms. The first-order chi connectivity index (χ1) is 12.5. The van der Waals surface area contributed by atoms with E-state index in [4.69, 9.17) is 18.9 Å². The lowest BCUT2D eigenvalue weighted by Gasteiger charge is -2.11. The number of nitrogens with one attached hydrogen (secondary N) is 1. The van der Waals surface area contributed by atoms with Crippen LogP contribution in [0.15, 0.2) is 12.3 Å². The van der Waals surface area contributed by atoms with Crippen LogP contribution < -0.4 is 10.1 Å². The third-order valence-corrected chi connectivity index (χ3v) is 3.90. The van der Waals surface area contributed by atoms with Gasteiger partial charge < -0.3 is 24.2 Å². The van der Waals surface area contributed by atoms with E-state index < -0.39 is 15.1 Å². The molecule has 26 heavy (non-hydrogen) atoms. The molecule has 0 bridgehead atoms. The van der Waals surface area contributed by atoms with E-state index >= 15 is 0 Å². The third-order valence-electron chi connectivity index (χ3n) is 2.58. The summed E-state index contributed by atoms with van der Waals surface area (Å²) in [6.07, 6.45) is 1.77. The van der Waals surface area contributed by atoms with Gasteiger partial charge in [-0.1, -0.05) is 13.8 Å². The first-order valence-electron chi connectivity index (χ1n) is 8.45. The van der Waals surface area contributed by atoms with E-state index in [2.05, 4.69) is 15.3 Å². The fourth-order valence-electron chi connectivity index (χ4n) is 1.38. The first-order valence-corrected chi connectivity index (χ1v) is 9.81. The SMILES string of the molecule is CC(C)C(=O)Nc1ccnc(OCCCF)n1.CCOP(CO)OCC. The second kappa shape index (κ2) is 15.8. The molecule has 1 aromatic rings. The predicted molar refractivity (Wildman–Crippen MR) is 98.8 cm³/mol. The summed E-state index contributed by atoms with van der Waals surface area (Å²) in [4.78, 5) is 19.3. The van der Waals surface area contributed by atoms with E-state index in [9.17, 15) is 9.18 Å². The largest absolute Gasteiger partial charge is 0.463 e. The predicted octanol–water partition coefficient (Wildman–Crippen LogP) is 3.13. The van der Waals surface area contributed by atoms with Crippen molar-refractivity contribution in [2.45, 2.75) is 34.1 Å². The highest BCUT2D eigenvalue weighted by Gasteiger charge is 2.08. The standard InChI is InChI=1S/C11H16FN3O2.C5H13O3P/c1-8(2)10(16)14-9-4-6-13-11(15-9)17-7-3-5-12;1-3-7-9(5-6)8-4-2/h4,6,8H,3,5,7H2,1-2H3,(H,13,14,15,16);6H,3-5H2,1-2H3. The minimum absolute atomic E-state index is 0.00296. The quantitative estimate of drug-likeness (QED) is 0.440. The van der Waals surface area contributed by atoms with Gasteiger partial charge in [0.15, 0.2) is 8.38 Å². The Morgan fingerprint density at radius 1 is 1.35 bits per heavy atom. The molecular weight excluding hydrogens is 364 g/mol. The Morgan fingerprint density at radius 3 is 2.50 bits per heavy atom. The lowest BCUT2D eigenvalue weighted by atomic mass is 10.2. The van der Waals surface area contributed by atoms with Crippen LogP contribution in [0.4, 0.5) is 10.2 Å². The minimum Gasteiger partial charge on any atom is -0.463 e. The normalized spacial score (nSPS) is 10.5. The zero-order chi connectivity index (χ0) is 19.8. The van der Waals surface area contributed by atoms with Gasteiger partial charge in [0.05, 0.1) is 26.5 Å². The van der Waals surface area contributed by atoms with Crippen molar-refractivity contribution >= 4 is 20.1 Å². The van der Waals surface area contributed by atoms with Gasteiger partial charge in [-0.2, -0.15) is 4.98 Å². The summed E-state index contributed by atoms with van der Waals surface area (Å²) in [6.45, 7) is 8.32. The lowest BCUT2D eigenvalue weighted by molar-refractivity contribution is -0.118. The average molecular weight is 393 g/mol. The van der Waals surface area contributed by atoms with Gasteiger partial charge in [0.2, 0.25) is 5.91 Å². The molecule has 0 aromatic carbocycles. The van der Waals surface area contributed by atoms with Gasteiger partial charge in [-0.05, 0) is 19.9 Å². The van der Waals surface area contributed by atoms with Crippen molar-refractivity contribution in [3.05, 3.63) is 12.3 Å². The first kappa shape index (κ1) is 24.6. The number of alkyl halides is 1. The molecule has 2 N–H and O–H groups in total. The van der Waals surface area contributed by atoms with Crippen LogP contribution in [0.1, 0.15) is 34.1 Å². The van der Waals surface area contributed by atoms with Gasteiger partial charge in [0, 0.05) is 18.5 Å². The zero-order valence-corrected chi connectivity index (χ0v) is 16.7. The molecule has 0 aliphatic heterocycles. The summed E-state index contributed by atoms with van der Waals surface area (Å²) in [5, 5.41) is 11.2. The number of hydrogen-bond acceptors (Lipinski definition) is 7. The number of ether oxygens (including phenoxy) is 1. The molecular formula is C16H29FN3O5P. The van der Waals surface area contributed by atoms with Crippen LogP contribution in [0.25, 0.3) is 0 Å². The molecule has 1 amide bonds. The number of aliphatic hydroxyl groups excluding tert-OH is 1. The highest BCUT2D eigenvalue weighted by Crippen LogP contribution is 2.35. The van der Waals surface area contributed by atoms with Crippen LogP contribution in [-0.4, -0.2) is 53.8 Å². The molecule has 0 aliphatic rings. The van der Waals surface area contributed by atoms with E-state index in [-0.39, 0.29) is 30.8 Å². The van der Waals surface area contributed by atoms with Crippen molar-refractivity contribution in [1.82, 2.24) is 9.97 Å². The second-order valence-electron chi connectivity index (χ2n) is 5.07. The number of anilines is 1. The van der Waals surface area contributed by atoms with Gasteiger partial charge in [-0.25, -0.2) is 4.98 Å². The van der Waals surface area contributed by atoms with E-state index in [0.29, 0.717) is 25.5 Å². The average Bonchev–Trinajstić information content (AvgIpc) is 2.62. The number of aromatic nitrogens is 2. The summed E-state index contributed by atoms with van der Waals surface area (Å²) >= 11 is 0. The molecule has 1 rings (SSSR count). The van der Waals surface area contributed by atoms with Crippen LogP contribution in [0.2, 0.25) is 0 Å². The highest BCUT2D eigenvalue weighted by atomic mass is 31.2. The van der Waals surface area contributed by atoms with Gasteiger partial charge in [-0.15, -0.1) is 0 Å². The van der Waals surface area contributed by atoms with Crippen LogP contribution in [0, 0.1) is 5.92 Å². The van der Waals surface area contributed by atoms with Crippen molar-refractivity contribution < 1.29 is 28.1 Å². The molecule has 0 unspecified atom stereocenters. The van der Waals surface area contributed by atoms with Crippen LogP contribution in [-0.2, 0) is 13.8 Å². The summed E-state index contributed by atoms with van der Waals surface area (Å²) in [5.41, 5.74) is 0. The molecule has 0 radical (unpaired) electrons. The van der Waals surface area contributed by atoms with Crippen molar-refractivity contribution in [2.24, 2.45) is 5.92 Å². The van der Waals surface area contributed by atoms with Crippen molar-refractivity contribution in [3.63, 3.8) is 0 Å². The smallest absolute Gasteiger partial charge is 0.318 e. The Labute approximate surface area is 155 Å². The monoisotopic (exact) mass is 393 g/mol. The fraction of sp³-hybridized carbons (Fsp3) is 0.688. The number of amides is 1. The van der Waals surface area contributed by atoms with Crippen LogP contribution >= 0.6 is 8.38 Å². The number of carbonyl (C=O) groups is 1. The zero-order valence-electron chi connectivity index (χ0n) is 15.8. The Bertz CT molecular complexity index is 491. The molecule has 8 nitrogen and oxygen atoms in total. The Balaban J connectivity index is 0.000000590. The van der Waals surface area contributed by atoms with Gasteiger partial charge in [0.25, 0.3) is 0 Å². The Morgan fingerprint density at radius 2 is 2.00 bits per heavy atom. The molecule has 0 saturated heterocycles. The highest BCUT2D eigenvalue weighted by molar-refractivity contribution is 7.46. The van der Waals surface area contributed by atoms with E-state index in [1.54, 1.807) is 19.9 Å². The Kier molecular flexibility index (Phi) is 15.0. The summed E-state index contributed by atoms with van der Waals surface area (Å²) in [7, 11) is -1.00.